The molecule has 0 saturated carbocycles. The zero-order chi connectivity index (χ0) is 13.2. The number of fused-ring (bicyclic) bond motifs is 1. The molecule has 2 aromatic rings. The standard InChI is InChI=1S/C13H11ClN2O2S/c1-8-12(14)15-7-16-13(8)19-9-2-3-10-11(6-9)18-5-4-17-10/h2-3,6-7H,4-5H2,1H3. The van der Waals surface area contributed by atoms with Crippen molar-refractivity contribution < 1.29 is 9.47 Å². The van der Waals surface area contributed by atoms with Gasteiger partial charge in [-0.3, -0.25) is 0 Å². The molecule has 2 heterocycles. The quantitative estimate of drug-likeness (QED) is 0.795. The molecular weight excluding hydrogens is 284 g/mol. The maximum atomic E-state index is 5.99. The van der Waals surface area contributed by atoms with Crippen LogP contribution in [0, 0.1) is 6.92 Å². The van der Waals surface area contributed by atoms with Crippen LogP contribution in [0.5, 0.6) is 11.5 Å². The van der Waals surface area contributed by atoms with Gasteiger partial charge >= 0.3 is 0 Å². The van der Waals surface area contributed by atoms with Gasteiger partial charge in [0.15, 0.2) is 11.5 Å². The van der Waals surface area contributed by atoms with Gasteiger partial charge in [0.05, 0.1) is 0 Å². The van der Waals surface area contributed by atoms with Gasteiger partial charge in [-0.2, -0.15) is 0 Å². The van der Waals surface area contributed by atoms with Crippen LogP contribution < -0.4 is 9.47 Å². The van der Waals surface area contributed by atoms with E-state index in [1.54, 1.807) is 0 Å². The molecule has 0 spiro atoms. The van der Waals surface area contributed by atoms with Crippen LogP contribution in [0.4, 0.5) is 0 Å². The van der Waals surface area contributed by atoms with Crippen molar-refractivity contribution in [2.24, 2.45) is 0 Å². The first-order valence-corrected chi connectivity index (χ1v) is 6.98. The van der Waals surface area contributed by atoms with Crippen LogP contribution in [0.15, 0.2) is 34.4 Å². The van der Waals surface area contributed by atoms with Crippen molar-refractivity contribution >= 4 is 23.4 Å². The van der Waals surface area contributed by atoms with Crippen molar-refractivity contribution in [3.63, 3.8) is 0 Å². The Hall–Kier alpha value is -1.46. The predicted molar refractivity (Wildman–Crippen MR) is 73.3 cm³/mol. The lowest BCUT2D eigenvalue weighted by Gasteiger charge is -2.18. The molecule has 0 unspecified atom stereocenters. The maximum absolute atomic E-state index is 5.99. The molecule has 0 amide bonds. The highest BCUT2D eigenvalue weighted by atomic mass is 35.5. The van der Waals surface area contributed by atoms with E-state index in [9.17, 15) is 0 Å². The van der Waals surface area contributed by atoms with Crippen molar-refractivity contribution in [2.45, 2.75) is 16.8 Å². The first kappa shape index (κ1) is 12.6. The number of ether oxygens (including phenoxy) is 2. The highest BCUT2D eigenvalue weighted by Gasteiger charge is 2.13. The second kappa shape index (κ2) is 5.27. The summed E-state index contributed by atoms with van der Waals surface area (Å²) in [7, 11) is 0. The summed E-state index contributed by atoms with van der Waals surface area (Å²) in [6, 6.07) is 5.84. The minimum atomic E-state index is 0.482. The van der Waals surface area contributed by atoms with Crippen molar-refractivity contribution in [1.82, 2.24) is 9.97 Å². The Kier molecular flexibility index (Phi) is 3.48. The number of nitrogens with zero attached hydrogens (tertiary/aromatic N) is 2. The van der Waals surface area contributed by atoms with Gasteiger partial charge in [-0.1, -0.05) is 23.4 Å². The molecule has 0 saturated heterocycles. The minimum Gasteiger partial charge on any atom is -0.486 e. The Labute approximate surface area is 120 Å². The van der Waals surface area contributed by atoms with E-state index in [-0.39, 0.29) is 0 Å². The largest absolute Gasteiger partial charge is 0.486 e. The number of aromatic nitrogens is 2. The monoisotopic (exact) mass is 294 g/mol. The van der Waals surface area contributed by atoms with Crippen molar-refractivity contribution in [1.29, 1.82) is 0 Å². The van der Waals surface area contributed by atoms with Crippen LogP contribution in [0.3, 0.4) is 0 Å². The van der Waals surface area contributed by atoms with Crippen LogP contribution in [0.1, 0.15) is 5.56 Å². The van der Waals surface area contributed by atoms with E-state index < -0.39 is 0 Å². The van der Waals surface area contributed by atoms with Gasteiger partial charge in [-0.15, -0.1) is 0 Å². The summed E-state index contributed by atoms with van der Waals surface area (Å²) in [5.41, 5.74) is 0.879. The summed E-state index contributed by atoms with van der Waals surface area (Å²) in [5, 5.41) is 1.33. The fourth-order valence-corrected chi connectivity index (χ4v) is 2.78. The van der Waals surface area contributed by atoms with Gasteiger partial charge in [-0.25, -0.2) is 9.97 Å². The molecule has 19 heavy (non-hydrogen) atoms. The Morgan fingerprint density at radius 2 is 1.95 bits per heavy atom. The fraction of sp³-hybridized carbons (Fsp3) is 0.231. The van der Waals surface area contributed by atoms with E-state index in [4.69, 9.17) is 21.1 Å². The first-order valence-electron chi connectivity index (χ1n) is 5.78. The lowest BCUT2D eigenvalue weighted by Crippen LogP contribution is -2.15. The zero-order valence-electron chi connectivity index (χ0n) is 10.2. The lowest BCUT2D eigenvalue weighted by atomic mass is 10.3. The fourth-order valence-electron chi connectivity index (χ4n) is 1.72. The van der Waals surface area contributed by atoms with Crippen molar-refractivity contribution in [3.05, 3.63) is 35.2 Å². The topological polar surface area (TPSA) is 44.2 Å². The summed E-state index contributed by atoms with van der Waals surface area (Å²) in [6.45, 7) is 3.09. The van der Waals surface area contributed by atoms with Gasteiger partial charge < -0.3 is 9.47 Å². The molecule has 4 nitrogen and oxygen atoms in total. The van der Waals surface area contributed by atoms with Gasteiger partial charge in [0, 0.05) is 10.5 Å². The Morgan fingerprint density at radius 3 is 2.79 bits per heavy atom. The van der Waals surface area contributed by atoms with E-state index in [1.165, 1.54) is 18.1 Å². The Bertz CT molecular complexity index is 622. The number of benzene rings is 1. The van der Waals surface area contributed by atoms with Crippen LogP contribution in [-0.2, 0) is 0 Å². The maximum Gasteiger partial charge on any atom is 0.162 e. The third-order valence-corrected chi connectivity index (χ3v) is 4.18. The van der Waals surface area contributed by atoms with E-state index in [2.05, 4.69) is 9.97 Å². The van der Waals surface area contributed by atoms with Crippen LogP contribution in [0.2, 0.25) is 5.15 Å². The highest BCUT2D eigenvalue weighted by molar-refractivity contribution is 7.99. The first-order chi connectivity index (χ1) is 9.24. The number of halogens is 1. The molecule has 1 aromatic carbocycles. The molecule has 0 N–H and O–H groups in total. The number of rotatable bonds is 2. The predicted octanol–water partition coefficient (Wildman–Crippen LogP) is 3.36. The van der Waals surface area contributed by atoms with E-state index in [0.29, 0.717) is 18.4 Å². The van der Waals surface area contributed by atoms with Gasteiger partial charge in [0.25, 0.3) is 0 Å². The van der Waals surface area contributed by atoms with Gasteiger partial charge in [-0.05, 0) is 25.1 Å². The average Bonchev–Trinajstić information content (AvgIpc) is 2.44. The Morgan fingerprint density at radius 1 is 1.16 bits per heavy atom. The molecule has 1 aromatic heterocycles. The van der Waals surface area contributed by atoms with E-state index >= 15 is 0 Å². The summed E-state index contributed by atoms with van der Waals surface area (Å²) < 4.78 is 11.0. The van der Waals surface area contributed by atoms with Gasteiger partial charge in [0.2, 0.25) is 0 Å². The minimum absolute atomic E-state index is 0.482. The molecule has 0 atom stereocenters. The molecule has 0 bridgehead atoms. The average molecular weight is 295 g/mol. The SMILES string of the molecule is Cc1c(Cl)ncnc1Sc1ccc2c(c1)OCCO2. The molecule has 0 aliphatic carbocycles. The molecule has 1 aliphatic rings. The summed E-state index contributed by atoms with van der Waals surface area (Å²) in [6.07, 6.45) is 1.47. The summed E-state index contributed by atoms with van der Waals surface area (Å²) >= 11 is 7.52. The molecule has 3 rings (SSSR count). The molecule has 0 radical (unpaired) electrons. The van der Waals surface area contributed by atoms with Crippen molar-refractivity contribution in [3.8, 4) is 11.5 Å². The zero-order valence-corrected chi connectivity index (χ0v) is 11.8. The normalized spacial score (nSPS) is 13.4. The molecular formula is C13H11ClN2O2S. The second-order valence-electron chi connectivity index (χ2n) is 4.00. The number of hydrogen-bond donors (Lipinski definition) is 0. The molecule has 1 aliphatic heterocycles. The molecule has 6 heteroatoms. The van der Waals surface area contributed by atoms with E-state index in [0.717, 1.165) is 27.0 Å². The number of hydrogen-bond acceptors (Lipinski definition) is 5. The second-order valence-corrected chi connectivity index (χ2v) is 5.42. The van der Waals surface area contributed by atoms with Crippen LogP contribution in [0.25, 0.3) is 0 Å². The molecule has 98 valence electrons. The van der Waals surface area contributed by atoms with Crippen LogP contribution >= 0.6 is 23.4 Å². The third-order valence-electron chi connectivity index (χ3n) is 2.70. The smallest absolute Gasteiger partial charge is 0.162 e. The summed E-state index contributed by atoms with van der Waals surface area (Å²) in [5.74, 6) is 1.56. The third kappa shape index (κ3) is 2.62. The highest BCUT2D eigenvalue weighted by Crippen LogP contribution is 2.37. The Balaban J connectivity index is 1.89. The van der Waals surface area contributed by atoms with E-state index in [1.807, 2.05) is 25.1 Å². The van der Waals surface area contributed by atoms with Crippen molar-refractivity contribution in [2.75, 3.05) is 13.2 Å². The van der Waals surface area contributed by atoms with Crippen LogP contribution in [-0.4, -0.2) is 23.2 Å². The lowest BCUT2D eigenvalue weighted by molar-refractivity contribution is 0.171. The molecule has 0 fully saturated rings. The van der Waals surface area contributed by atoms with Gasteiger partial charge in [0.1, 0.15) is 29.7 Å². The summed E-state index contributed by atoms with van der Waals surface area (Å²) in [4.78, 5) is 9.22.